The molecule has 0 aliphatic carbocycles. The summed E-state index contributed by atoms with van der Waals surface area (Å²) in [7, 11) is 0. The van der Waals surface area contributed by atoms with E-state index in [1.807, 2.05) is 25.1 Å². The van der Waals surface area contributed by atoms with Gasteiger partial charge in [0.1, 0.15) is 11.0 Å². The highest BCUT2D eigenvalue weighted by Crippen LogP contribution is 2.19. The largest absolute Gasteiger partial charge is 0.353 e. The first-order chi connectivity index (χ1) is 9.29. The van der Waals surface area contributed by atoms with Gasteiger partial charge >= 0.3 is 0 Å². The van der Waals surface area contributed by atoms with Crippen LogP contribution in [0, 0.1) is 0 Å². The van der Waals surface area contributed by atoms with E-state index in [1.54, 1.807) is 0 Å². The molecule has 1 N–H and O–H groups in total. The lowest BCUT2D eigenvalue weighted by molar-refractivity contribution is -0.129. The number of amides is 1. The number of nitrogens with one attached hydrogen (secondary N) is 1. The molecule has 6 heteroatoms. The normalized spacial score (nSPS) is 20.7. The smallest absolute Gasteiger partial charge is 0.237 e. The summed E-state index contributed by atoms with van der Waals surface area (Å²) in [6.07, 6.45) is 0.804. The third-order valence-corrected chi connectivity index (χ3v) is 3.57. The lowest BCUT2D eigenvalue weighted by Gasteiger charge is -2.34. The number of hydrogen-bond acceptors (Lipinski definition) is 5. The van der Waals surface area contributed by atoms with Gasteiger partial charge in [-0.2, -0.15) is 0 Å². The molecule has 1 saturated heterocycles. The first kappa shape index (κ1) is 12.1. The zero-order chi connectivity index (χ0) is 13.2. The Morgan fingerprint density at radius 1 is 1.47 bits per heavy atom. The molecule has 0 radical (unpaired) electrons. The van der Waals surface area contributed by atoms with Crippen LogP contribution >= 0.6 is 0 Å². The fraction of sp³-hybridized carbons (Fsp3) is 0.462. The van der Waals surface area contributed by atoms with Gasteiger partial charge < -0.3 is 5.32 Å². The van der Waals surface area contributed by atoms with Gasteiger partial charge in [0, 0.05) is 19.6 Å². The minimum Gasteiger partial charge on any atom is -0.353 e. The fourth-order valence-corrected chi connectivity index (χ4v) is 2.60. The average molecular weight is 260 g/mol. The maximum absolute atomic E-state index is 11.8. The minimum absolute atomic E-state index is 0.0659. The minimum atomic E-state index is -0.0659. The van der Waals surface area contributed by atoms with Crippen molar-refractivity contribution in [2.45, 2.75) is 25.9 Å². The molecule has 1 amide bonds. The molecule has 1 fully saturated rings. The zero-order valence-electron chi connectivity index (χ0n) is 10.8. The summed E-state index contributed by atoms with van der Waals surface area (Å²) >= 11 is 0. The van der Waals surface area contributed by atoms with Crippen LogP contribution in [0.3, 0.4) is 0 Å². The summed E-state index contributed by atoms with van der Waals surface area (Å²) in [5.41, 5.74) is 2.59. The second-order valence-corrected chi connectivity index (χ2v) is 4.73. The lowest BCUT2D eigenvalue weighted by atomic mass is 10.1. The number of piperazine rings is 1. The lowest BCUT2D eigenvalue weighted by Crippen LogP contribution is -2.54. The molecule has 1 atom stereocenters. The Hall–Kier alpha value is -1.95. The quantitative estimate of drug-likeness (QED) is 0.889. The van der Waals surface area contributed by atoms with E-state index in [0.717, 1.165) is 29.6 Å². The van der Waals surface area contributed by atoms with Crippen LogP contribution in [0.4, 0.5) is 0 Å². The highest BCUT2D eigenvalue weighted by molar-refractivity contribution is 5.82. The van der Waals surface area contributed by atoms with Gasteiger partial charge in [0.2, 0.25) is 5.91 Å². The van der Waals surface area contributed by atoms with Crippen molar-refractivity contribution in [2.75, 3.05) is 13.1 Å². The number of hydrogen-bond donors (Lipinski definition) is 1. The average Bonchev–Trinajstić information content (AvgIpc) is 2.88. The summed E-state index contributed by atoms with van der Waals surface area (Å²) in [5, 5.41) is 10.7. The topological polar surface area (TPSA) is 71.3 Å². The molecule has 3 rings (SSSR count). The van der Waals surface area contributed by atoms with Crippen molar-refractivity contribution in [3.05, 3.63) is 23.8 Å². The molecule has 1 aromatic heterocycles. The van der Waals surface area contributed by atoms with E-state index in [4.69, 9.17) is 4.63 Å². The van der Waals surface area contributed by atoms with E-state index >= 15 is 0 Å². The molecular formula is C13H16N4O2. The predicted octanol–water partition coefficient (Wildman–Crippen LogP) is 0.933. The van der Waals surface area contributed by atoms with Crippen LogP contribution in [0.2, 0.25) is 0 Å². The van der Waals surface area contributed by atoms with Crippen LogP contribution in [0.1, 0.15) is 18.9 Å². The van der Waals surface area contributed by atoms with E-state index < -0.39 is 0 Å². The van der Waals surface area contributed by atoms with E-state index in [0.29, 0.717) is 13.1 Å². The zero-order valence-corrected chi connectivity index (χ0v) is 10.8. The molecule has 0 bridgehead atoms. The van der Waals surface area contributed by atoms with Crippen molar-refractivity contribution in [2.24, 2.45) is 0 Å². The Morgan fingerprint density at radius 2 is 2.37 bits per heavy atom. The van der Waals surface area contributed by atoms with Gasteiger partial charge in [-0.1, -0.05) is 19.1 Å². The molecular weight excluding hydrogens is 244 g/mol. The van der Waals surface area contributed by atoms with Gasteiger partial charge in [-0.3, -0.25) is 9.69 Å². The standard InChI is InChI=1S/C13H16N4O2/c1-2-11-13(18)14-6-7-17(11)8-9-4-3-5-10-12(9)16-19-15-10/h3-5,11H,2,6-8H2,1H3,(H,14,18). The van der Waals surface area contributed by atoms with Crippen LogP contribution in [0.5, 0.6) is 0 Å². The van der Waals surface area contributed by atoms with Gasteiger partial charge in [0.25, 0.3) is 0 Å². The number of nitrogens with zero attached hydrogens (tertiary/aromatic N) is 3. The number of rotatable bonds is 3. The van der Waals surface area contributed by atoms with E-state index in [-0.39, 0.29) is 11.9 Å². The van der Waals surface area contributed by atoms with E-state index in [9.17, 15) is 4.79 Å². The second-order valence-electron chi connectivity index (χ2n) is 4.73. The van der Waals surface area contributed by atoms with Crippen molar-refractivity contribution in [3.63, 3.8) is 0 Å². The molecule has 0 spiro atoms. The summed E-state index contributed by atoms with van der Waals surface area (Å²) in [6, 6.07) is 5.75. The number of carbonyl (C=O) groups excluding carboxylic acids is 1. The van der Waals surface area contributed by atoms with E-state index in [1.165, 1.54) is 0 Å². The Bertz CT molecular complexity index is 595. The molecule has 0 saturated carbocycles. The van der Waals surface area contributed by atoms with Crippen LogP contribution in [-0.4, -0.2) is 40.3 Å². The second kappa shape index (κ2) is 4.97. The molecule has 1 aliphatic heterocycles. The highest BCUT2D eigenvalue weighted by Gasteiger charge is 2.28. The third-order valence-electron chi connectivity index (χ3n) is 3.57. The Kier molecular flexibility index (Phi) is 3.16. The molecule has 2 aromatic rings. The van der Waals surface area contributed by atoms with Crippen molar-refractivity contribution >= 4 is 16.9 Å². The van der Waals surface area contributed by atoms with Crippen molar-refractivity contribution in [1.29, 1.82) is 0 Å². The predicted molar refractivity (Wildman–Crippen MR) is 69.3 cm³/mol. The summed E-state index contributed by atoms with van der Waals surface area (Å²) in [4.78, 5) is 14.0. The first-order valence-corrected chi connectivity index (χ1v) is 6.51. The molecule has 1 unspecified atom stereocenters. The van der Waals surface area contributed by atoms with Crippen molar-refractivity contribution < 1.29 is 9.42 Å². The fourth-order valence-electron chi connectivity index (χ4n) is 2.60. The van der Waals surface area contributed by atoms with Crippen LogP contribution < -0.4 is 5.32 Å². The molecule has 1 aliphatic rings. The Morgan fingerprint density at radius 3 is 3.21 bits per heavy atom. The molecule has 19 heavy (non-hydrogen) atoms. The van der Waals surface area contributed by atoms with Gasteiger partial charge in [-0.05, 0) is 28.4 Å². The third kappa shape index (κ3) is 2.19. The molecule has 100 valence electrons. The van der Waals surface area contributed by atoms with Crippen molar-refractivity contribution in [1.82, 2.24) is 20.5 Å². The maximum Gasteiger partial charge on any atom is 0.237 e. The van der Waals surface area contributed by atoms with Crippen LogP contribution in [-0.2, 0) is 11.3 Å². The van der Waals surface area contributed by atoms with Gasteiger partial charge in [0.05, 0.1) is 6.04 Å². The van der Waals surface area contributed by atoms with Crippen LogP contribution in [0.25, 0.3) is 11.0 Å². The Balaban J connectivity index is 1.87. The monoisotopic (exact) mass is 260 g/mol. The molecule has 2 heterocycles. The summed E-state index contributed by atoms with van der Waals surface area (Å²) < 4.78 is 4.77. The van der Waals surface area contributed by atoms with Gasteiger partial charge in [-0.15, -0.1) is 0 Å². The summed E-state index contributed by atoms with van der Waals surface area (Å²) in [5.74, 6) is 0.110. The summed E-state index contributed by atoms with van der Waals surface area (Å²) in [6.45, 7) is 4.27. The first-order valence-electron chi connectivity index (χ1n) is 6.51. The molecule has 6 nitrogen and oxygen atoms in total. The van der Waals surface area contributed by atoms with Crippen LogP contribution in [0.15, 0.2) is 22.8 Å². The molecule has 1 aromatic carbocycles. The van der Waals surface area contributed by atoms with E-state index in [2.05, 4.69) is 20.5 Å². The van der Waals surface area contributed by atoms with Crippen molar-refractivity contribution in [3.8, 4) is 0 Å². The van der Waals surface area contributed by atoms with Gasteiger partial charge in [-0.25, -0.2) is 4.63 Å². The number of aromatic nitrogens is 2. The Labute approximate surface area is 110 Å². The SMILES string of the molecule is CCC1C(=O)NCCN1Cc1cccc2nonc12. The van der Waals surface area contributed by atoms with Gasteiger partial charge in [0.15, 0.2) is 0 Å². The maximum atomic E-state index is 11.8. The number of fused-ring (bicyclic) bond motifs is 1. The highest BCUT2D eigenvalue weighted by atomic mass is 16.6. The number of benzene rings is 1. The number of carbonyl (C=O) groups is 1.